The fourth-order valence-electron chi connectivity index (χ4n) is 5.15. The highest BCUT2D eigenvalue weighted by atomic mass is 127. The molecule has 0 radical (unpaired) electrons. The quantitative estimate of drug-likeness (QED) is 0.227. The topological polar surface area (TPSA) is 82.8 Å². The number of halogens is 1. The Morgan fingerprint density at radius 2 is 1.84 bits per heavy atom. The molecule has 0 saturated carbocycles. The van der Waals surface area contributed by atoms with Crippen LogP contribution >= 0.6 is 24.0 Å². The van der Waals surface area contributed by atoms with Crippen LogP contribution in [0.5, 0.6) is 0 Å². The van der Waals surface area contributed by atoms with Gasteiger partial charge in [0.05, 0.1) is 13.2 Å². The molecule has 0 amide bonds. The summed E-state index contributed by atoms with van der Waals surface area (Å²) in [4.78, 5) is 9.97. The second-order valence-electron chi connectivity index (χ2n) is 9.34. The molecule has 0 aromatic carbocycles. The maximum absolute atomic E-state index is 5.45. The standard InChI is InChI=1S/C22H40N8O.HI/c1-17-26-27-21(28(17)2)16-24-22(23-8-5-9-30-10-12-31-13-11-30)25-18-14-19-6-4-7-20(15-18)29(19)3;/h18-20H,4-16H2,1-3H3,(H2,23,24,25);1H. The SMILES string of the molecule is Cc1nnc(CN=C(NCCCN2CCOCC2)NC2CC3CCCC(C2)N3C)n1C.I. The van der Waals surface area contributed by atoms with Crippen LogP contribution in [0.1, 0.15) is 50.2 Å². The third-order valence-corrected chi connectivity index (χ3v) is 7.29. The summed E-state index contributed by atoms with van der Waals surface area (Å²) in [7, 11) is 4.31. The highest BCUT2D eigenvalue weighted by molar-refractivity contribution is 14.0. The Labute approximate surface area is 209 Å². The summed E-state index contributed by atoms with van der Waals surface area (Å²) in [6.45, 7) is 8.34. The molecule has 4 heterocycles. The molecule has 9 nitrogen and oxygen atoms in total. The average molecular weight is 561 g/mol. The lowest BCUT2D eigenvalue weighted by Crippen LogP contribution is -2.56. The first-order chi connectivity index (χ1) is 15.1. The first-order valence-electron chi connectivity index (χ1n) is 12.0. The first kappa shape index (κ1) is 25.6. The van der Waals surface area contributed by atoms with E-state index in [2.05, 4.69) is 37.7 Å². The number of guanidine groups is 1. The van der Waals surface area contributed by atoms with E-state index in [1.807, 2.05) is 18.5 Å². The summed E-state index contributed by atoms with van der Waals surface area (Å²) in [5.41, 5.74) is 0. The van der Waals surface area contributed by atoms with Crippen molar-refractivity contribution >= 4 is 29.9 Å². The zero-order valence-corrected chi connectivity index (χ0v) is 22.3. The Hall–Kier alpha value is -0.980. The van der Waals surface area contributed by atoms with E-state index in [9.17, 15) is 0 Å². The number of aryl methyl sites for hydroxylation is 1. The molecule has 0 aliphatic carbocycles. The number of piperidine rings is 2. The van der Waals surface area contributed by atoms with Gasteiger partial charge in [-0.05, 0) is 52.6 Å². The minimum Gasteiger partial charge on any atom is -0.379 e. The summed E-state index contributed by atoms with van der Waals surface area (Å²) < 4.78 is 7.46. The van der Waals surface area contributed by atoms with Gasteiger partial charge in [-0.15, -0.1) is 34.2 Å². The molecule has 2 N–H and O–H groups in total. The number of hydrogen-bond donors (Lipinski definition) is 2. The largest absolute Gasteiger partial charge is 0.379 e. The first-order valence-corrected chi connectivity index (χ1v) is 12.0. The summed E-state index contributed by atoms with van der Waals surface area (Å²) in [6, 6.07) is 1.89. The number of morpholine rings is 1. The summed E-state index contributed by atoms with van der Waals surface area (Å²) >= 11 is 0. The smallest absolute Gasteiger partial charge is 0.191 e. The van der Waals surface area contributed by atoms with E-state index in [1.165, 1.54) is 32.1 Å². The van der Waals surface area contributed by atoms with Crippen molar-refractivity contribution in [1.29, 1.82) is 0 Å². The molecule has 3 aliphatic heterocycles. The van der Waals surface area contributed by atoms with Crippen molar-refractivity contribution in [2.75, 3.05) is 46.4 Å². The van der Waals surface area contributed by atoms with Gasteiger partial charge in [0.1, 0.15) is 12.4 Å². The van der Waals surface area contributed by atoms with Gasteiger partial charge in [0.25, 0.3) is 0 Å². The van der Waals surface area contributed by atoms with Gasteiger partial charge < -0.3 is 24.8 Å². The highest BCUT2D eigenvalue weighted by Gasteiger charge is 2.36. The van der Waals surface area contributed by atoms with Crippen molar-refractivity contribution in [3.63, 3.8) is 0 Å². The normalized spacial score (nSPS) is 27.1. The second-order valence-corrected chi connectivity index (χ2v) is 9.34. The Kier molecular flexibility index (Phi) is 9.99. The molecular weight excluding hydrogens is 519 g/mol. The number of ether oxygens (including phenoxy) is 1. The van der Waals surface area contributed by atoms with Gasteiger partial charge in [0.15, 0.2) is 11.8 Å². The number of aliphatic imine (C=N–C) groups is 1. The molecule has 2 unspecified atom stereocenters. The zero-order valence-electron chi connectivity index (χ0n) is 19.9. The van der Waals surface area contributed by atoms with Crippen molar-refractivity contribution < 1.29 is 4.74 Å². The van der Waals surface area contributed by atoms with E-state index < -0.39 is 0 Å². The van der Waals surface area contributed by atoms with Gasteiger partial charge >= 0.3 is 0 Å². The lowest BCUT2D eigenvalue weighted by atomic mass is 9.82. The molecular formula is C22H41IN8O. The molecule has 2 atom stereocenters. The van der Waals surface area contributed by atoms with Gasteiger partial charge in [-0.3, -0.25) is 4.90 Å². The van der Waals surface area contributed by atoms with Crippen LogP contribution in [0.2, 0.25) is 0 Å². The molecule has 4 rings (SSSR count). The Balaban J connectivity index is 0.00000289. The second kappa shape index (κ2) is 12.5. The molecule has 3 saturated heterocycles. The highest BCUT2D eigenvalue weighted by Crippen LogP contribution is 2.32. The molecule has 2 bridgehead atoms. The van der Waals surface area contributed by atoms with Gasteiger partial charge in [0.2, 0.25) is 0 Å². The van der Waals surface area contributed by atoms with Crippen molar-refractivity contribution in [2.24, 2.45) is 12.0 Å². The third-order valence-electron chi connectivity index (χ3n) is 7.29. The molecule has 1 aromatic rings. The summed E-state index contributed by atoms with van der Waals surface area (Å²) in [5, 5.41) is 15.8. The minimum absolute atomic E-state index is 0. The van der Waals surface area contributed by atoms with E-state index in [0.29, 0.717) is 24.7 Å². The zero-order chi connectivity index (χ0) is 21.6. The predicted molar refractivity (Wildman–Crippen MR) is 138 cm³/mol. The van der Waals surface area contributed by atoms with Gasteiger partial charge in [0, 0.05) is 44.8 Å². The van der Waals surface area contributed by atoms with Crippen LogP contribution in [0.25, 0.3) is 0 Å². The van der Waals surface area contributed by atoms with Crippen molar-refractivity contribution in [3.05, 3.63) is 11.6 Å². The number of nitrogens with one attached hydrogen (secondary N) is 2. The fraction of sp³-hybridized carbons (Fsp3) is 0.864. The van der Waals surface area contributed by atoms with Gasteiger partial charge in [-0.1, -0.05) is 6.42 Å². The summed E-state index contributed by atoms with van der Waals surface area (Å²) in [5.74, 6) is 2.73. The van der Waals surface area contributed by atoms with E-state index in [4.69, 9.17) is 9.73 Å². The van der Waals surface area contributed by atoms with Crippen LogP contribution in [-0.2, 0) is 18.3 Å². The van der Waals surface area contributed by atoms with Crippen LogP contribution in [0.15, 0.2) is 4.99 Å². The Morgan fingerprint density at radius 3 is 2.50 bits per heavy atom. The lowest BCUT2D eigenvalue weighted by molar-refractivity contribution is 0.0375. The van der Waals surface area contributed by atoms with Crippen molar-refractivity contribution in [1.82, 2.24) is 35.2 Å². The van der Waals surface area contributed by atoms with E-state index >= 15 is 0 Å². The van der Waals surface area contributed by atoms with Crippen molar-refractivity contribution in [3.8, 4) is 0 Å². The molecule has 32 heavy (non-hydrogen) atoms. The minimum atomic E-state index is 0. The number of nitrogens with zero attached hydrogens (tertiary/aromatic N) is 6. The molecule has 3 fully saturated rings. The molecule has 1 aromatic heterocycles. The number of fused-ring (bicyclic) bond motifs is 2. The molecule has 182 valence electrons. The predicted octanol–water partition coefficient (Wildman–Crippen LogP) is 1.51. The average Bonchev–Trinajstić information content (AvgIpc) is 3.08. The number of hydrogen-bond acceptors (Lipinski definition) is 6. The molecule has 3 aliphatic rings. The fourth-order valence-corrected chi connectivity index (χ4v) is 5.15. The van der Waals surface area contributed by atoms with E-state index in [1.54, 1.807) is 0 Å². The monoisotopic (exact) mass is 560 g/mol. The van der Waals surface area contributed by atoms with Crippen LogP contribution < -0.4 is 10.6 Å². The van der Waals surface area contributed by atoms with E-state index in [-0.39, 0.29) is 24.0 Å². The lowest BCUT2D eigenvalue weighted by Gasteiger charge is -2.47. The van der Waals surface area contributed by atoms with Gasteiger partial charge in [-0.2, -0.15) is 0 Å². The van der Waals surface area contributed by atoms with E-state index in [0.717, 1.165) is 63.4 Å². The van der Waals surface area contributed by atoms with Crippen LogP contribution in [0.4, 0.5) is 0 Å². The van der Waals surface area contributed by atoms with Crippen LogP contribution in [0, 0.1) is 6.92 Å². The molecule has 0 spiro atoms. The number of rotatable bonds is 7. The summed E-state index contributed by atoms with van der Waals surface area (Å²) in [6.07, 6.45) is 7.52. The Bertz CT molecular complexity index is 722. The molecule has 10 heteroatoms. The Morgan fingerprint density at radius 1 is 1.12 bits per heavy atom. The maximum atomic E-state index is 5.45. The van der Waals surface area contributed by atoms with Crippen molar-refractivity contribution in [2.45, 2.75) is 70.1 Å². The van der Waals surface area contributed by atoms with Crippen LogP contribution in [-0.4, -0.2) is 95.1 Å². The van der Waals surface area contributed by atoms with Crippen LogP contribution in [0.3, 0.4) is 0 Å². The number of aromatic nitrogens is 3. The third kappa shape index (κ3) is 6.77. The van der Waals surface area contributed by atoms with Gasteiger partial charge in [-0.25, -0.2) is 4.99 Å². The maximum Gasteiger partial charge on any atom is 0.191 e.